The summed E-state index contributed by atoms with van der Waals surface area (Å²) < 4.78 is 5.40. The topological polar surface area (TPSA) is 79.0 Å². The van der Waals surface area contributed by atoms with Crippen molar-refractivity contribution in [2.45, 2.75) is 46.3 Å². The number of amides is 4. The second-order valence-electron chi connectivity index (χ2n) is 6.71. The number of hydrogen-bond acceptors (Lipinski definition) is 4. The van der Waals surface area contributed by atoms with E-state index >= 15 is 0 Å². The summed E-state index contributed by atoms with van der Waals surface area (Å²) in [7, 11) is 0. The van der Waals surface area contributed by atoms with Crippen molar-refractivity contribution in [3.05, 3.63) is 29.8 Å². The number of nitrogens with one attached hydrogen (secondary N) is 1. The molecule has 4 amide bonds. The van der Waals surface area contributed by atoms with E-state index in [4.69, 9.17) is 4.74 Å². The van der Waals surface area contributed by atoms with E-state index in [0.29, 0.717) is 25.3 Å². The van der Waals surface area contributed by atoms with Crippen LogP contribution in [0.15, 0.2) is 24.3 Å². The molecule has 0 saturated carbocycles. The van der Waals surface area contributed by atoms with E-state index in [9.17, 15) is 14.4 Å². The lowest BCUT2D eigenvalue weighted by molar-refractivity contribution is -0.131. The quantitative estimate of drug-likeness (QED) is 0.568. The molecule has 0 bridgehead atoms. The lowest BCUT2D eigenvalue weighted by atomic mass is 10.2. The molecule has 26 heavy (non-hydrogen) atoms. The van der Waals surface area contributed by atoms with Gasteiger partial charge >= 0.3 is 6.03 Å². The molecule has 1 N–H and O–H groups in total. The highest BCUT2D eigenvalue weighted by molar-refractivity contribution is 6.15. The van der Waals surface area contributed by atoms with E-state index in [1.165, 1.54) is 4.90 Å². The maximum absolute atomic E-state index is 12.6. The predicted octanol–water partition coefficient (Wildman–Crippen LogP) is 2.08. The van der Waals surface area contributed by atoms with Crippen LogP contribution in [-0.2, 0) is 14.3 Å². The molecular formula is C19H27N3O4. The molecule has 142 valence electrons. The Kier molecular flexibility index (Phi) is 6.74. The van der Waals surface area contributed by atoms with Crippen LogP contribution in [0.2, 0.25) is 0 Å². The van der Waals surface area contributed by atoms with Crippen molar-refractivity contribution in [2.24, 2.45) is 0 Å². The molecule has 0 spiro atoms. The van der Waals surface area contributed by atoms with Crippen molar-refractivity contribution in [2.75, 3.05) is 24.6 Å². The molecule has 1 fully saturated rings. The third-order valence-electron chi connectivity index (χ3n) is 4.16. The molecule has 1 aliphatic rings. The number of nitrogens with zero attached hydrogens (tertiary/aromatic N) is 2. The highest BCUT2D eigenvalue weighted by Gasteiger charge is 2.43. The van der Waals surface area contributed by atoms with Gasteiger partial charge in [0, 0.05) is 18.8 Å². The molecular weight excluding hydrogens is 334 g/mol. The van der Waals surface area contributed by atoms with Crippen molar-refractivity contribution in [1.29, 1.82) is 0 Å². The molecule has 2 rings (SSSR count). The summed E-state index contributed by atoms with van der Waals surface area (Å²) in [5.74, 6) is -0.719. The lowest BCUT2D eigenvalue weighted by Crippen LogP contribution is -2.41. The largest absolute Gasteiger partial charge is 0.379 e. The summed E-state index contributed by atoms with van der Waals surface area (Å²) in [5, 5.41) is 2.72. The van der Waals surface area contributed by atoms with Crippen LogP contribution in [0.3, 0.4) is 0 Å². The van der Waals surface area contributed by atoms with Crippen LogP contribution in [0.4, 0.5) is 10.5 Å². The molecule has 0 aromatic heterocycles. The molecule has 7 nitrogen and oxygen atoms in total. The molecule has 7 heteroatoms. The first-order valence-electron chi connectivity index (χ1n) is 8.90. The lowest BCUT2D eigenvalue weighted by Gasteiger charge is -2.19. The van der Waals surface area contributed by atoms with Crippen molar-refractivity contribution in [3.63, 3.8) is 0 Å². The summed E-state index contributed by atoms with van der Waals surface area (Å²) in [6.45, 7) is 8.24. The summed E-state index contributed by atoms with van der Waals surface area (Å²) in [6, 6.07) is 6.27. The molecule has 0 radical (unpaired) electrons. The SMILES string of the molecule is Cc1ccc(N2C(=O)N(CC(=O)NCCCOC(C)C)C(=O)[C@H]2C)cc1. The van der Waals surface area contributed by atoms with Gasteiger partial charge in [-0.15, -0.1) is 0 Å². The summed E-state index contributed by atoms with van der Waals surface area (Å²) in [5.41, 5.74) is 1.72. The number of anilines is 1. The Morgan fingerprint density at radius 3 is 2.50 bits per heavy atom. The van der Waals surface area contributed by atoms with Crippen LogP contribution < -0.4 is 10.2 Å². The minimum atomic E-state index is -0.627. The van der Waals surface area contributed by atoms with Gasteiger partial charge in [0.2, 0.25) is 5.91 Å². The van der Waals surface area contributed by atoms with Crippen molar-refractivity contribution >= 4 is 23.5 Å². The van der Waals surface area contributed by atoms with Crippen LogP contribution in [0, 0.1) is 6.92 Å². The van der Waals surface area contributed by atoms with E-state index in [0.717, 1.165) is 10.5 Å². The zero-order valence-corrected chi connectivity index (χ0v) is 15.8. The van der Waals surface area contributed by atoms with Crippen LogP contribution in [0.5, 0.6) is 0 Å². The van der Waals surface area contributed by atoms with Gasteiger partial charge < -0.3 is 10.1 Å². The minimum absolute atomic E-state index is 0.153. The Labute approximate surface area is 154 Å². The second-order valence-corrected chi connectivity index (χ2v) is 6.71. The fourth-order valence-corrected chi connectivity index (χ4v) is 2.73. The van der Waals surface area contributed by atoms with E-state index in [2.05, 4.69) is 5.32 Å². The number of aryl methyl sites for hydroxylation is 1. The Bertz CT molecular complexity index is 657. The number of carbonyl (C=O) groups excluding carboxylic acids is 3. The Morgan fingerprint density at radius 2 is 1.88 bits per heavy atom. The van der Waals surface area contributed by atoms with Crippen LogP contribution in [0.1, 0.15) is 32.8 Å². The van der Waals surface area contributed by atoms with Gasteiger partial charge in [-0.3, -0.25) is 19.4 Å². The predicted molar refractivity (Wildman–Crippen MR) is 98.9 cm³/mol. The van der Waals surface area contributed by atoms with Gasteiger partial charge in [-0.1, -0.05) is 17.7 Å². The van der Waals surface area contributed by atoms with Gasteiger partial charge in [0.25, 0.3) is 5.91 Å². The highest BCUT2D eigenvalue weighted by Crippen LogP contribution is 2.25. The zero-order chi connectivity index (χ0) is 19.3. The van der Waals surface area contributed by atoms with Crippen molar-refractivity contribution in [3.8, 4) is 0 Å². The maximum atomic E-state index is 12.6. The number of urea groups is 1. The molecule has 0 aliphatic carbocycles. The van der Waals surface area contributed by atoms with E-state index < -0.39 is 12.1 Å². The fourth-order valence-electron chi connectivity index (χ4n) is 2.73. The average molecular weight is 361 g/mol. The number of hydrogen-bond donors (Lipinski definition) is 1. The van der Waals surface area contributed by atoms with Gasteiger partial charge in [-0.2, -0.15) is 0 Å². The normalized spacial score (nSPS) is 17.3. The maximum Gasteiger partial charge on any atom is 0.332 e. The average Bonchev–Trinajstić information content (AvgIpc) is 2.79. The van der Waals surface area contributed by atoms with Crippen LogP contribution in [-0.4, -0.2) is 54.6 Å². The fraction of sp³-hybridized carbons (Fsp3) is 0.526. The summed E-state index contributed by atoms with van der Waals surface area (Å²) >= 11 is 0. The Morgan fingerprint density at radius 1 is 1.23 bits per heavy atom. The van der Waals surface area contributed by atoms with Gasteiger partial charge in [0.15, 0.2) is 0 Å². The number of carbonyl (C=O) groups is 3. The standard InChI is InChI=1S/C19H27N3O4/c1-13(2)26-11-5-10-20-17(23)12-21-18(24)15(4)22(19(21)25)16-8-6-14(3)7-9-16/h6-9,13,15H,5,10-12H2,1-4H3,(H,20,23)/t15-/m1/s1. The molecule has 1 aromatic carbocycles. The van der Waals surface area contributed by atoms with Crippen LogP contribution in [0.25, 0.3) is 0 Å². The monoisotopic (exact) mass is 361 g/mol. The van der Waals surface area contributed by atoms with Crippen molar-refractivity contribution < 1.29 is 19.1 Å². The highest BCUT2D eigenvalue weighted by atomic mass is 16.5. The number of rotatable bonds is 8. The molecule has 1 aromatic rings. The Balaban J connectivity index is 1.91. The van der Waals surface area contributed by atoms with Gasteiger partial charge in [0.05, 0.1) is 6.10 Å². The van der Waals surface area contributed by atoms with Crippen LogP contribution >= 0.6 is 0 Å². The molecule has 1 heterocycles. The summed E-state index contributed by atoms with van der Waals surface area (Å²) in [4.78, 5) is 39.5. The van der Waals surface area contributed by atoms with E-state index in [1.807, 2.05) is 32.9 Å². The smallest absolute Gasteiger partial charge is 0.332 e. The molecule has 1 aliphatic heterocycles. The van der Waals surface area contributed by atoms with Gasteiger partial charge in [0.1, 0.15) is 12.6 Å². The molecule has 1 atom stereocenters. The number of benzene rings is 1. The first-order valence-corrected chi connectivity index (χ1v) is 8.90. The minimum Gasteiger partial charge on any atom is -0.379 e. The summed E-state index contributed by atoms with van der Waals surface area (Å²) in [6.07, 6.45) is 0.831. The third kappa shape index (κ3) is 4.82. The van der Waals surface area contributed by atoms with E-state index in [-0.39, 0.29) is 24.5 Å². The van der Waals surface area contributed by atoms with Crippen molar-refractivity contribution in [1.82, 2.24) is 10.2 Å². The zero-order valence-electron chi connectivity index (χ0n) is 15.8. The van der Waals surface area contributed by atoms with E-state index in [1.54, 1.807) is 19.1 Å². The first-order chi connectivity index (χ1) is 12.3. The molecule has 1 saturated heterocycles. The third-order valence-corrected chi connectivity index (χ3v) is 4.16. The number of ether oxygens (including phenoxy) is 1. The van der Waals surface area contributed by atoms with Gasteiger partial charge in [-0.05, 0) is 46.2 Å². The molecule has 0 unspecified atom stereocenters. The second kappa shape index (κ2) is 8.80. The van der Waals surface area contributed by atoms with Gasteiger partial charge in [-0.25, -0.2) is 4.79 Å². The Hall–Kier alpha value is -2.41. The first kappa shape index (κ1) is 19.9. The number of imide groups is 1.